The van der Waals surface area contributed by atoms with Crippen molar-refractivity contribution in [3.63, 3.8) is 0 Å². The van der Waals surface area contributed by atoms with Crippen molar-refractivity contribution >= 4 is 17.9 Å². The van der Waals surface area contributed by atoms with Crippen molar-refractivity contribution < 1.29 is 34.2 Å². The molecule has 0 aromatic rings. The third-order valence-electron chi connectivity index (χ3n) is 6.55. The molecule has 0 saturated carbocycles. The second-order valence-electron chi connectivity index (χ2n) is 10.1. The third kappa shape index (κ3) is 22.3. The number of quaternary nitrogens is 1. The lowest BCUT2D eigenvalue weighted by Crippen LogP contribution is -2.59. The summed E-state index contributed by atoms with van der Waals surface area (Å²) in [5.74, 6) is -3.81. The van der Waals surface area contributed by atoms with Gasteiger partial charge in [-0.05, 0) is 38.5 Å². The molecule has 35 heavy (non-hydrogen) atoms. The van der Waals surface area contributed by atoms with Crippen molar-refractivity contribution in [2.45, 2.75) is 122 Å². The van der Waals surface area contributed by atoms with Gasteiger partial charge in [0.05, 0.1) is 12.5 Å². The molecule has 7 nitrogen and oxygen atoms in total. The first kappa shape index (κ1) is 33.1. The smallest absolute Gasteiger partial charge is 0.359 e. The molecule has 7 heteroatoms. The lowest BCUT2D eigenvalue weighted by atomic mass is 10.0. The Morgan fingerprint density at radius 1 is 0.600 bits per heavy atom. The van der Waals surface area contributed by atoms with Crippen LogP contribution in [0.5, 0.6) is 0 Å². The lowest BCUT2D eigenvalue weighted by Gasteiger charge is -2.36. The molecule has 0 aliphatic heterocycles. The summed E-state index contributed by atoms with van der Waals surface area (Å²) in [4.78, 5) is 33.4. The highest BCUT2D eigenvalue weighted by Crippen LogP contribution is 2.15. The van der Waals surface area contributed by atoms with E-state index in [0.717, 1.165) is 19.3 Å². The van der Waals surface area contributed by atoms with Crippen molar-refractivity contribution in [3.8, 4) is 0 Å². The van der Waals surface area contributed by atoms with Crippen LogP contribution in [0.1, 0.15) is 122 Å². The highest BCUT2D eigenvalue weighted by Gasteiger charge is 2.33. The van der Waals surface area contributed by atoms with Gasteiger partial charge in [-0.3, -0.25) is 0 Å². The van der Waals surface area contributed by atoms with Crippen LogP contribution in [0, 0.1) is 0 Å². The van der Waals surface area contributed by atoms with Gasteiger partial charge < -0.3 is 24.6 Å². The van der Waals surface area contributed by atoms with Gasteiger partial charge in [0.2, 0.25) is 0 Å². The van der Waals surface area contributed by atoms with Crippen molar-refractivity contribution in [3.05, 3.63) is 12.2 Å². The zero-order chi connectivity index (χ0) is 26.2. The number of rotatable bonds is 26. The Hall–Kier alpha value is -1.89. The Morgan fingerprint density at radius 2 is 0.971 bits per heavy atom. The van der Waals surface area contributed by atoms with Crippen molar-refractivity contribution in [1.29, 1.82) is 0 Å². The highest BCUT2D eigenvalue weighted by atomic mass is 16.4. The van der Waals surface area contributed by atoms with Crippen LogP contribution < -0.4 is 5.11 Å². The average molecular weight is 498 g/mol. The van der Waals surface area contributed by atoms with E-state index in [2.05, 4.69) is 19.1 Å². The molecule has 0 rings (SSSR count). The Morgan fingerprint density at radius 3 is 1.34 bits per heavy atom. The summed E-state index contributed by atoms with van der Waals surface area (Å²) in [6.07, 6.45) is 26.3. The predicted molar refractivity (Wildman–Crippen MR) is 138 cm³/mol. The maximum Gasteiger partial charge on any atom is 0.359 e. The van der Waals surface area contributed by atoms with Gasteiger partial charge in [0, 0.05) is 0 Å². The molecular weight excluding hydrogens is 446 g/mol. The van der Waals surface area contributed by atoms with Gasteiger partial charge in [-0.15, -0.1) is 0 Å². The first-order valence-electron chi connectivity index (χ1n) is 13.9. The molecule has 0 atom stereocenters. The summed E-state index contributed by atoms with van der Waals surface area (Å²) in [5.41, 5.74) is 0. The van der Waals surface area contributed by atoms with E-state index in [1.165, 1.54) is 89.9 Å². The highest BCUT2D eigenvalue weighted by molar-refractivity contribution is 5.72. The van der Waals surface area contributed by atoms with Crippen LogP contribution in [0.25, 0.3) is 0 Å². The summed E-state index contributed by atoms with van der Waals surface area (Å²) < 4.78 is -0.498. The fourth-order valence-corrected chi connectivity index (χ4v) is 4.65. The van der Waals surface area contributed by atoms with Gasteiger partial charge in [-0.2, -0.15) is 0 Å². The molecule has 0 radical (unpaired) electrons. The molecule has 0 heterocycles. The number of carbonyl (C=O) groups excluding carboxylic acids is 1. The molecule has 0 amide bonds. The van der Waals surface area contributed by atoms with Gasteiger partial charge in [-0.1, -0.05) is 96.1 Å². The van der Waals surface area contributed by atoms with Crippen LogP contribution in [0.3, 0.4) is 0 Å². The van der Waals surface area contributed by atoms with Gasteiger partial charge in [0.25, 0.3) is 0 Å². The second kappa shape index (κ2) is 22.6. The Balaban J connectivity index is 3.72. The minimum Gasteiger partial charge on any atom is -0.544 e. The van der Waals surface area contributed by atoms with E-state index >= 15 is 0 Å². The number of hydrogen-bond donors (Lipinski definition) is 2. The van der Waals surface area contributed by atoms with E-state index in [1.54, 1.807) is 0 Å². The van der Waals surface area contributed by atoms with E-state index in [-0.39, 0.29) is 6.54 Å². The Bertz CT molecular complexity index is 549. The van der Waals surface area contributed by atoms with Gasteiger partial charge in [0.1, 0.15) is 6.54 Å². The van der Waals surface area contributed by atoms with E-state index in [1.807, 2.05) is 0 Å². The first-order valence-corrected chi connectivity index (χ1v) is 13.9. The van der Waals surface area contributed by atoms with E-state index in [9.17, 15) is 19.5 Å². The quantitative estimate of drug-likeness (QED) is 0.0949. The van der Waals surface area contributed by atoms with Gasteiger partial charge in [0.15, 0.2) is 13.1 Å². The lowest BCUT2D eigenvalue weighted by molar-refractivity contribution is -0.909. The predicted octanol–water partition coefficient (Wildman–Crippen LogP) is 5.32. The van der Waals surface area contributed by atoms with E-state index < -0.39 is 42.0 Å². The molecule has 0 fully saturated rings. The molecule has 0 saturated heterocycles. The molecule has 204 valence electrons. The Kier molecular flexibility index (Phi) is 21.3. The summed E-state index contributed by atoms with van der Waals surface area (Å²) >= 11 is 0. The largest absolute Gasteiger partial charge is 0.544 e. The zero-order valence-electron chi connectivity index (χ0n) is 22.2. The Labute approximate surface area is 213 Å². The number of carboxylic acid groups (broad SMARTS) is 3. The van der Waals surface area contributed by atoms with Gasteiger partial charge >= 0.3 is 11.9 Å². The third-order valence-corrected chi connectivity index (χ3v) is 6.55. The summed E-state index contributed by atoms with van der Waals surface area (Å²) in [7, 11) is 0. The number of aliphatic carboxylic acids is 3. The summed E-state index contributed by atoms with van der Waals surface area (Å²) in [6.45, 7) is 0.847. The maximum atomic E-state index is 11.2. The van der Waals surface area contributed by atoms with Crippen LogP contribution in [0.2, 0.25) is 0 Å². The number of allylic oxidation sites excluding steroid dienone is 2. The standard InChI is InChI=1S/C28H51NO6/c1-2-3-4-5-6-7-8-9-10-11-12-13-14-15-16-17-18-19-20-21-22-29(23-26(30)31,24-27(32)33)25-28(34)35/h8-9H,2-7,10-25H2,1H3,(H2-,30,31,32,33,34,35)/b9-8+. The normalized spacial score (nSPS) is 11.8. The fraction of sp³-hybridized carbons (Fsp3) is 0.821. The van der Waals surface area contributed by atoms with Crippen molar-refractivity contribution in [2.75, 3.05) is 26.2 Å². The van der Waals surface area contributed by atoms with Crippen molar-refractivity contribution in [2.24, 2.45) is 0 Å². The van der Waals surface area contributed by atoms with Crippen LogP contribution in [-0.2, 0) is 14.4 Å². The molecule has 0 aromatic carbocycles. The molecule has 0 spiro atoms. The minimum atomic E-state index is -1.42. The van der Waals surface area contributed by atoms with Crippen molar-refractivity contribution in [1.82, 2.24) is 0 Å². The maximum absolute atomic E-state index is 11.2. The minimum absolute atomic E-state index is 0.223. The molecule has 0 bridgehead atoms. The zero-order valence-corrected chi connectivity index (χ0v) is 22.2. The molecule has 0 aromatic heterocycles. The molecule has 2 N–H and O–H groups in total. The number of hydrogen-bond acceptors (Lipinski definition) is 4. The summed E-state index contributed by atoms with van der Waals surface area (Å²) in [6, 6.07) is 0. The monoisotopic (exact) mass is 497 g/mol. The molecule has 0 unspecified atom stereocenters. The fourth-order valence-electron chi connectivity index (χ4n) is 4.65. The average Bonchev–Trinajstić information content (AvgIpc) is 2.76. The van der Waals surface area contributed by atoms with Crippen LogP contribution in [0.4, 0.5) is 0 Å². The number of carboxylic acids is 3. The molecule has 0 aliphatic carbocycles. The van der Waals surface area contributed by atoms with Crippen LogP contribution in [-0.4, -0.2) is 58.8 Å². The first-order chi connectivity index (χ1) is 16.8. The van der Waals surface area contributed by atoms with Gasteiger partial charge in [-0.25, -0.2) is 9.59 Å². The number of unbranched alkanes of at least 4 members (excludes halogenated alkanes) is 16. The SMILES string of the molecule is CCCCCCC/C=C/CCCCCCCCCCCCC[N+](CC(=O)[O-])(CC(=O)O)CC(=O)O. The number of carbonyl (C=O) groups is 3. The topological polar surface area (TPSA) is 115 Å². The summed E-state index contributed by atoms with van der Waals surface area (Å²) in [5, 5.41) is 29.3. The van der Waals surface area contributed by atoms with E-state index in [4.69, 9.17) is 10.2 Å². The van der Waals surface area contributed by atoms with Crippen LogP contribution in [0.15, 0.2) is 12.2 Å². The second-order valence-corrected chi connectivity index (χ2v) is 10.1. The van der Waals surface area contributed by atoms with E-state index in [0.29, 0.717) is 6.42 Å². The number of nitrogens with zero attached hydrogens (tertiary/aromatic N) is 1. The van der Waals surface area contributed by atoms with Crippen LogP contribution >= 0.6 is 0 Å². The molecule has 0 aliphatic rings. The molecular formula is C28H51NO6.